The molecule has 4 nitrogen and oxygen atoms in total. The zero-order chi connectivity index (χ0) is 14.4. The molecule has 0 unspecified atom stereocenters. The fourth-order valence-electron chi connectivity index (χ4n) is 3.33. The predicted octanol–water partition coefficient (Wildman–Crippen LogP) is 2.18. The van der Waals surface area contributed by atoms with Gasteiger partial charge in [0.15, 0.2) is 0 Å². The first kappa shape index (κ1) is 15.8. The fraction of sp³-hybridized carbons (Fsp3) is 0.938. The van der Waals surface area contributed by atoms with Crippen molar-refractivity contribution >= 4 is 5.91 Å². The molecule has 0 saturated carbocycles. The Hall–Kier alpha value is -0.610. The van der Waals surface area contributed by atoms with E-state index in [0.717, 1.165) is 26.2 Å². The molecule has 2 heterocycles. The van der Waals surface area contributed by atoms with Crippen molar-refractivity contribution in [2.24, 2.45) is 5.92 Å². The van der Waals surface area contributed by atoms with E-state index in [1.807, 2.05) is 0 Å². The molecule has 0 aliphatic carbocycles. The lowest BCUT2D eigenvalue weighted by Gasteiger charge is -2.33. The van der Waals surface area contributed by atoms with Gasteiger partial charge in [0.1, 0.15) is 0 Å². The lowest BCUT2D eigenvalue weighted by atomic mass is 10.0. The summed E-state index contributed by atoms with van der Waals surface area (Å²) in [5.74, 6) is 0.601. The lowest BCUT2D eigenvalue weighted by Crippen LogP contribution is -2.52. The molecule has 0 spiro atoms. The van der Waals surface area contributed by atoms with Crippen LogP contribution in [0.2, 0.25) is 0 Å². The van der Waals surface area contributed by atoms with Gasteiger partial charge in [-0.2, -0.15) is 0 Å². The summed E-state index contributed by atoms with van der Waals surface area (Å²) in [6.07, 6.45) is 6.94. The van der Waals surface area contributed by atoms with Crippen LogP contribution >= 0.6 is 0 Å². The number of amides is 1. The summed E-state index contributed by atoms with van der Waals surface area (Å²) in [6.45, 7) is 9.16. The summed E-state index contributed by atoms with van der Waals surface area (Å²) in [5.41, 5.74) is -0.138. The molecule has 2 rings (SSSR count). The predicted molar refractivity (Wildman–Crippen MR) is 80.7 cm³/mol. The summed E-state index contributed by atoms with van der Waals surface area (Å²) >= 11 is 0. The Kier molecular flexibility index (Phi) is 5.85. The third-order valence-corrected chi connectivity index (χ3v) is 4.29. The average molecular weight is 282 g/mol. The molecule has 2 saturated heterocycles. The number of carbonyl (C=O) groups excluding carboxylic acids is 1. The summed E-state index contributed by atoms with van der Waals surface area (Å²) in [4.78, 5) is 14.6. The Morgan fingerprint density at radius 1 is 1.25 bits per heavy atom. The van der Waals surface area contributed by atoms with Gasteiger partial charge >= 0.3 is 0 Å². The van der Waals surface area contributed by atoms with E-state index in [-0.39, 0.29) is 11.4 Å². The molecule has 0 aromatic heterocycles. The molecule has 0 aromatic rings. The second-order valence-electron chi connectivity index (χ2n) is 7.06. The van der Waals surface area contributed by atoms with Crippen LogP contribution in [0.15, 0.2) is 0 Å². The Morgan fingerprint density at radius 2 is 1.95 bits per heavy atom. The summed E-state index contributed by atoms with van der Waals surface area (Å²) in [7, 11) is 0. The van der Waals surface area contributed by atoms with Crippen molar-refractivity contribution < 1.29 is 9.53 Å². The van der Waals surface area contributed by atoms with Gasteiger partial charge in [-0.05, 0) is 52.1 Å². The van der Waals surface area contributed by atoms with Gasteiger partial charge in [0.25, 0.3) is 0 Å². The molecular weight excluding hydrogens is 252 g/mol. The van der Waals surface area contributed by atoms with Crippen molar-refractivity contribution in [1.82, 2.24) is 10.2 Å². The van der Waals surface area contributed by atoms with Crippen molar-refractivity contribution in [3.8, 4) is 0 Å². The molecule has 20 heavy (non-hydrogen) atoms. The van der Waals surface area contributed by atoms with Crippen molar-refractivity contribution in [3.63, 3.8) is 0 Å². The van der Waals surface area contributed by atoms with Crippen molar-refractivity contribution in [2.75, 3.05) is 32.8 Å². The molecule has 1 N–H and O–H groups in total. The van der Waals surface area contributed by atoms with Gasteiger partial charge in [0, 0.05) is 31.7 Å². The second kappa shape index (κ2) is 7.41. The average Bonchev–Trinajstić information content (AvgIpc) is 2.72. The normalized spacial score (nSPS) is 25.4. The number of hydrogen-bond acceptors (Lipinski definition) is 3. The van der Waals surface area contributed by atoms with Crippen LogP contribution in [0.5, 0.6) is 0 Å². The maximum atomic E-state index is 12.1. The first-order chi connectivity index (χ1) is 9.55. The van der Waals surface area contributed by atoms with Crippen molar-refractivity contribution in [2.45, 2.75) is 57.9 Å². The quantitative estimate of drug-likeness (QED) is 0.840. The van der Waals surface area contributed by atoms with E-state index in [2.05, 4.69) is 24.1 Å². The fourth-order valence-corrected chi connectivity index (χ4v) is 3.33. The Bertz CT molecular complexity index is 304. The van der Waals surface area contributed by atoms with Crippen LogP contribution in [0, 0.1) is 5.92 Å². The first-order valence-corrected chi connectivity index (χ1v) is 8.16. The van der Waals surface area contributed by atoms with E-state index in [4.69, 9.17) is 4.74 Å². The van der Waals surface area contributed by atoms with Crippen LogP contribution in [0.1, 0.15) is 52.4 Å². The standard InChI is InChI=1S/C16H30N2O2/c1-16(2,13-18-8-5-3-4-6-9-18)17-15(19)11-14-7-10-20-12-14/h14H,3-13H2,1-2H3,(H,17,19)/t14-/m0/s1. The Morgan fingerprint density at radius 3 is 2.55 bits per heavy atom. The van der Waals surface area contributed by atoms with E-state index >= 15 is 0 Å². The van der Waals surface area contributed by atoms with Gasteiger partial charge in [-0.1, -0.05) is 12.8 Å². The SMILES string of the molecule is CC(C)(CN1CCCCCC1)NC(=O)C[C@@H]1CCOC1. The molecule has 1 amide bonds. The van der Waals surface area contributed by atoms with Crippen molar-refractivity contribution in [1.29, 1.82) is 0 Å². The zero-order valence-corrected chi connectivity index (χ0v) is 13.1. The largest absolute Gasteiger partial charge is 0.381 e. The maximum absolute atomic E-state index is 12.1. The maximum Gasteiger partial charge on any atom is 0.220 e. The second-order valence-corrected chi connectivity index (χ2v) is 7.06. The molecule has 4 heteroatoms. The lowest BCUT2D eigenvalue weighted by molar-refractivity contribution is -0.123. The van der Waals surface area contributed by atoms with Gasteiger partial charge in [-0.15, -0.1) is 0 Å². The summed E-state index contributed by atoms with van der Waals surface area (Å²) in [6, 6.07) is 0. The van der Waals surface area contributed by atoms with Crippen LogP contribution in [0.4, 0.5) is 0 Å². The molecule has 0 bridgehead atoms. The third kappa shape index (κ3) is 5.41. The highest BCUT2D eigenvalue weighted by Crippen LogP contribution is 2.18. The summed E-state index contributed by atoms with van der Waals surface area (Å²) in [5, 5.41) is 3.21. The summed E-state index contributed by atoms with van der Waals surface area (Å²) < 4.78 is 5.34. The van der Waals surface area contributed by atoms with Crippen LogP contribution in [-0.4, -0.2) is 49.2 Å². The number of ether oxygens (including phenoxy) is 1. The molecule has 0 radical (unpaired) electrons. The number of hydrogen-bond donors (Lipinski definition) is 1. The Balaban J connectivity index is 1.74. The van der Waals surface area contributed by atoms with E-state index < -0.39 is 0 Å². The van der Waals surface area contributed by atoms with Crippen LogP contribution in [-0.2, 0) is 9.53 Å². The van der Waals surface area contributed by atoms with Gasteiger partial charge in [0.2, 0.25) is 5.91 Å². The highest BCUT2D eigenvalue weighted by molar-refractivity contribution is 5.77. The topological polar surface area (TPSA) is 41.6 Å². The minimum absolute atomic E-state index is 0.138. The van der Waals surface area contributed by atoms with Crippen molar-refractivity contribution in [3.05, 3.63) is 0 Å². The van der Waals surface area contributed by atoms with Gasteiger partial charge in [-0.25, -0.2) is 0 Å². The van der Waals surface area contributed by atoms with E-state index in [9.17, 15) is 4.79 Å². The Labute approximate surface area is 123 Å². The molecule has 2 aliphatic heterocycles. The zero-order valence-electron chi connectivity index (χ0n) is 13.1. The number of nitrogens with zero attached hydrogens (tertiary/aromatic N) is 1. The monoisotopic (exact) mass is 282 g/mol. The van der Waals surface area contributed by atoms with E-state index in [1.54, 1.807) is 0 Å². The minimum Gasteiger partial charge on any atom is -0.381 e. The van der Waals surface area contributed by atoms with Crippen LogP contribution < -0.4 is 5.32 Å². The number of rotatable bonds is 5. The van der Waals surface area contributed by atoms with Gasteiger partial charge in [0.05, 0.1) is 0 Å². The first-order valence-electron chi connectivity index (χ1n) is 8.16. The van der Waals surface area contributed by atoms with Gasteiger partial charge in [-0.3, -0.25) is 4.79 Å². The van der Waals surface area contributed by atoms with Crippen LogP contribution in [0.3, 0.4) is 0 Å². The minimum atomic E-state index is -0.138. The van der Waals surface area contributed by atoms with E-state index in [0.29, 0.717) is 12.3 Å². The molecule has 2 fully saturated rings. The highest BCUT2D eigenvalue weighted by Gasteiger charge is 2.26. The molecule has 116 valence electrons. The molecule has 2 aliphatic rings. The molecule has 0 aromatic carbocycles. The van der Waals surface area contributed by atoms with Crippen LogP contribution in [0.25, 0.3) is 0 Å². The molecular formula is C16H30N2O2. The van der Waals surface area contributed by atoms with E-state index in [1.165, 1.54) is 38.8 Å². The highest BCUT2D eigenvalue weighted by atomic mass is 16.5. The molecule has 1 atom stereocenters. The smallest absolute Gasteiger partial charge is 0.220 e. The number of likely N-dealkylation sites (tertiary alicyclic amines) is 1. The number of nitrogens with one attached hydrogen (secondary N) is 1. The third-order valence-electron chi connectivity index (χ3n) is 4.29. The van der Waals surface area contributed by atoms with Gasteiger partial charge < -0.3 is 15.0 Å². The number of carbonyl (C=O) groups is 1.